The third kappa shape index (κ3) is 4.72. The number of nitrogens with zero attached hydrogens (tertiary/aromatic N) is 4. The van der Waals surface area contributed by atoms with Crippen molar-refractivity contribution in [3.05, 3.63) is 64.6 Å². The van der Waals surface area contributed by atoms with Gasteiger partial charge in [0, 0.05) is 5.56 Å². The van der Waals surface area contributed by atoms with E-state index >= 15 is 4.39 Å². The van der Waals surface area contributed by atoms with E-state index in [4.69, 9.17) is 9.68 Å². The number of thiazole rings is 1. The third-order valence-electron chi connectivity index (χ3n) is 5.53. The molecule has 0 spiro atoms. The lowest BCUT2D eigenvalue weighted by atomic mass is 10.0. The maximum Gasteiger partial charge on any atom is 0.416 e. The second kappa shape index (κ2) is 8.42. The molecule has 178 valence electrons. The van der Waals surface area contributed by atoms with Crippen LogP contribution < -0.4 is 5.32 Å². The number of fused-ring (bicyclic) bond motifs is 1. The van der Waals surface area contributed by atoms with E-state index in [-0.39, 0.29) is 34.9 Å². The van der Waals surface area contributed by atoms with Crippen LogP contribution in [0.2, 0.25) is 0 Å². The van der Waals surface area contributed by atoms with Gasteiger partial charge in [-0.2, -0.15) is 18.4 Å². The standard InChI is InChI=1S/C23H15F4N5O2S/c24-20-14(12-1-3-13(4-2-12)23(25,26)27)5-6-15-21(20)35-19(29-15)10-18-32-31-17(34-18)9-16(33)30-22(11-28)7-8-22/h1-6H,7-10H2,(H,30,33). The Morgan fingerprint density at radius 3 is 2.51 bits per heavy atom. The van der Waals surface area contributed by atoms with Crippen molar-refractivity contribution in [2.45, 2.75) is 37.4 Å². The van der Waals surface area contributed by atoms with Gasteiger partial charge < -0.3 is 9.73 Å². The lowest BCUT2D eigenvalue weighted by Crippen LogP contribution is -2.36. The molecule has 1 N–H and O–H groups in total. The number of carbonyl (C=O) groups is 1. The second-order valence-electron chi connectivity index (χ2n) is 8.14. The number of hydrogen-bond donors (Lipinski definition) is 1. The summed E-state index contributed by atoms with van der Waals surface area (Å²) in [5.41, 5.74) is -0.723. The average Bonchev–Trinajstić information content (AvgIpc) is 3.24. The van der Waals surface area contributed by atoms with Crippen LogP contribution in [-0.2, 0) is 23.8 Å². The molecule has 2 aromatic carbocycles. The molecule has 1 saturated carbocycles. The summed E-state index contributed by atoms with van der Waals surface area (Å²) in [6, 6.07) is 9.42. The molecule has 0 radical (unpaired) electrons. The maximum atomic E-state index is 15.2. The average molecular weight is 501 g/mol. The molecule has 0 saturated heterocycles. The Labute approximate surface area is 199 Å². The fraction of sp³-hybridized carbons (Fsp3) is 0.261. The van der Waals surface area contributed by atoms with Gasteiger partial charge in [-0.1, -0.05) is 12.1 Å². The monoisotopic (exact) mass is 501 g/mol. The number of nitriles is 1. The molecule has 12 heteroatoms. The lowest BCUT2D eigenvalue weighted by Gasteiger charge is -2.08. The first kappa shape index (κ1) is 22.9. The van der Waals surface area contributed by atoms with Gasteiger partial charge in [0.15, 0.2) is 0 Å². The quantitative estimate of drug-likeness (QED) is 0.380. The molecule has 2 aromatic heterocycles. The number of hydrogen-bond acceptors (Lipinski definition) is 7. The highest BCUT2D eigenvalue weighted by Gasteiger charge is 2.44. The van der Waals surface area contributed by atoms with E-state index < -0.39 is 29.0 Å². The molecule has 0 atom stereocenters. The smallest absolute Gasteiger partial charge is 0.416 e. The Hall–Kier alpha value is -3.85. The number of alkyl halides is 3. The SMILES string of the molecule is N#CC1(NC(=O)Cc2nnc(Cc3nc4ccc(-c5ccc(C(F)(F)F)cc5)c(F)c4s3)o2)CC1. The molecule has 1 amide bonds. The van der Waals surface area contributed by atoms with Gasteiger partial charge in [0.05, 0.1) is 28.3 Å². The summed E-state index contributed by atoms with van der Waals surface area (Å²) >= 11 is 1.07. The van der Waals surface area contributed by atoms with Crippen LogP contribution in [0, 0.1) is 17.1 Å². The molecular formula is C23H15F4N5O2S. The molecule has 35 heavy (non-hydrogen) atoms. The number of carbonyl (C=O) groups excluding carboxylic acids is 1. The first-order valence-electron chi connectivity index (χ1n) is 10.4. The molecule has 0 unspecified atom stereocenters. The highest BCUT2D eigenvalue weighted by atomic mass is 32.1. The highest BCUT2D eigenvalue weighted by Crippen LogP contribution is 2.36. The van der Waals surface area contributed by atoms with Gasteiger partial charge in [-0.25, -0.2) is 9.37 Å². The first-order valence-corrected chi connectivity index (χ1v) is 11.3. The molecule has 1 aliphatic carbocycles. The number of aromatic nitrogens is 3. The molecule has 0 bridgehead atoms. The summed E-state index contributed by atoms with van der Waals surface area (Å²) in [6.07, 6.45) is -3.30. The van der Waals surface area contributed by atoms with Gasteiger partial charge in [-0.05, 0) is 42.7 Å². The molecule has 7 nitrogen and oxygen atoms in total. The summed E-state index contributed by atoms with van der Waals surface area (Å²) in [4.78, 5) is 16.4. The van der Waals surface area contributed by atoms with Crippen molar-refractivity contribution in [1.82, 2.24) is 20.5 Å². The van der Waals surface area contributed by atoms with Crippen molar-refractivity contribution >= 4 is 27.5 Å². The third-order valence-corrected chi connectivity index (χ3v) is 6.59. The molecule has 4 aromatic rings. The molecule has 1 aliphatic rings. The van der Waals surface area contributed by atoms with Crippen molar-refractivity contribution in [2.24, 2.45) is 0 Å². The predicted molar refractivity (Wildman–Crippen MR) is 117 cm³/mol. The fourth-order valence-electron chi connectivity index (χ4n) is 3.54. The summed E-state index contributed by atoms with van der Waals surface area (Å²) in [5, 5.41) is 19.9. The fourth-order valence-corrected chi connectivity index (χ4v) is 4.54. The van der Waals surface area contributed by atoms with Crippen LogP contribution in [0.5, 0.6) is 0 Å². The van der Waals surface area contributed by atoms with Crippen LogP contribution in [0.1, 0.15) is 35.2 Å². The molecule has 2 heterocycles. The topological polar surface area (TPSA) is 105 Å². The number of benzene rings is 2. The number of amides is 1. The molecule has 5 rings (SSSR count). The zero-order valence-corrected chi connectivity index (χ0v) is 18.6. The normalized spacial score (nSPS) is 14.6. The van der Waals surface area contributed by atoms with Crippen molar-refractivity contribution in [2.75, 3.05) is 0 Å². The maximum absolute atomic E-state index is 15.2. The second-order valence-corrected chi connectivity index (χ2v) is 9.23. The van der Waals surface area contributed by atoms with Gasteiger partial charge in [0.25, 0.3) is 0 Å². The molecule has 1 fully saturated rings. The summed E-state index contributed by atoms with van der Waals surface area (Å²) < 4.78 is 59.4. The summed E-state index contributed by atoms with van der Waals surface area (Å²) in [5.74, 6) is -0.697. The van der Waals surface area contributed by atoms with Gasteiger partial charge >= 0.3 is 6.18 Å². The Morgan fingerprint density at radius 1 is 1.14 bits per heavy atom. The van der Waals surface area contributed by atoms with E-state index in [2.05, 4.69) is 26.6 Å². The minimum absolute atomic E-state index is 0.0862. The summed E-state index contributed by atoms with van der Waals surface area (Å²) in [6.45, 7) is 0. The van der Waals surface area contributed by atoms with Crippen LogP contribution in [-0.4, -0.2) is 26.6 Å². The molecule has 0 aliphatic heterocycles. The van der Waals surface area contributed by atoms with Crippen LogP contribution in [0.15, 0.2) is 40.8 Å². The van der Waals surface area contributed by atoms with Crippen molar-refractivity contribution < 1.29 is 26.8 Å². The zero-order chi connectivity index (χ0) is 24.8. The largest absolute Gasteiger partial charge is 0.424 e. The first-order chi connectivity index (χ1) is 16.7. The summed E-state index contributed by atoms with van der Waals surface area (Å²) in [7, 11) is 0. The minimum atomic E-state index is -4.47. The van der Waals surface area contributed by atoms with Crippen molar-refractivity contribution in [1.29, 1.82) is 5.26 Å². The van der Waals surface area contributed by atoms with E-state index in [1.807, 2.05) is 0 Å². The Bertz CT molecular complexity index is 1470. The Kier molecular flexibility index (Phi) is 5.52. The van der Waals surface area contributed by atoms with Crippen LogP contribution in [0.3, 0.4) is 0 Å². The Morgan fingerprint density at radius 2 is 1.86 bits per heavy atom. The van der Waals surface area contributed by atoms with Gasteiger partial charge in [0.1, 0.15) is 22.8 Å². The molecular weight excluding hydrogens is 486 g/mol. The van der Waals surface area contributed by atoms with Crippen LogP contribution in [0.4, 0.5) is 17.6 Å². The van der Waals surface area contributed by atoms with E-state index in [9.17, 15) is 18.0 Å². The van der Waals surface area contributed by atoms with Gasteiger partial charge in [-0.15, -0.1) is 21.5 Å². The van der Waals surface area contributed by atoms with E-state index in [1.165, 1.54) is 18.2 Å². The number of halogens is 4. The van der Waals surface area contributed by atoms with Crippen molar-refractivity contribution in [3.8, 4) is 17.2 Å². The van der Waals surface area contributed by atoms with Gasteiger partial charge in [0.2, 0.25) is 17.7 Å². The lowest BCUT2D eigenvalue weighted by molar-refractivity contribution is -0.137. The predicted octanol–water partition coefficient (Wildman–Crippen LogP) is 4.81. The number of rotatable bonds is 6. The number of nitrogens with one attached hydrogen (secondary N) is 1. The highest BCUT2D eigenvalue weighted by molar-refractivity contribution is 7.18. The minimum Gasteiger partial charge on any atom is -0.424 e. The van der Waals surface area contributed by atoms with Crippen LogP contribution >= 0.6 is 11.3 Å². The van der Waals surface area contributed by atoms with Crippen LogP contribution in [0.25, 0.3) is 21.3 Å². The zero-order valence-electron chi connectivity index (χ0n) is 17.8. The van der Waals surface area contributed by atoms with E-state index in [0.717, 1.165) is 23.5 Å². The van der Waals surface area contributed by atoms with Crippen molar-refractivity contribution in [3.63, 3.8) is 0 Å². The van der Waals surface area contributed by atoms with E-state index in [0.29, 0.717) is 28.9 Å². The van der Waals surface area contributed by atoms with Gasteiger partial charge in [-0.3, -0.25) is 4.79 Å². The Balaban J connectivity index is 1.31. The van der Waals surface area contributed by atoms with E-state index in [1.54, 1.807) is 6.07 Å².